The highest BCUT2D eigenvalue weighted by Gasteiger charge is 2.06. The lowest BCUT2D eigenvalue weighted by Gasteiger charge is -2.08. The minimum atomic E-state index is -0.384. The van der Waals surface area contributed by atoms with Crippen LogP contribution in [-0.4, -0.2) is 17.6 Å². The van der Waals surface area contributed by atoms with Crippen molar-refractivity contribution in [3.8, 4) is 0 Å². The van der Waals surface area contributed by atoms with Gasteiger partial charge in [0.05, 0.1) is 11.4 Å². The van der Waals surface area contributed by atoms with Crippen molar-refractivity contribution in [2.24, 2.45) is 5.73 Å². The van der Waals surface area contributed by atoms with Crippen molar-refractivity contribution in [1.82, 2.24) is 0 Å². The molecular formula is C13H16N2O2S. The molecule has 1 aromatic rings. The molecule has 0 aliphatic heterocycles. The molecule has 1 rings (SSSR count). The van der Waals surface area contributed by atoms with Gasteiger partial charge in [0, 0.05) is 11.0 Å². The van der Waals surface area contributed by atoms with Crippen LogP contribution in [0, 0.1) is 0 Å². The van der Waals surface area contributed by atoms with Crippen LogP contribution in [0.25, 0.3) is 0 Å². The van der Waals surface area contributed by atoms with Crippen molar-refractivity contribution < 1.29 is 9.59 Å². The van der Waals surface area contributed by atoms with E-state index in [1.807, 2.05) is 32.0 Å². The van der Waals surface area contributed by atoms with Gasteiger partial charge >= 0.3 is 0 Å². The quantitative estimate of drug-likeness (QED) is 0.632. The number of carbonyl (C=O) groups is 2. The van der Waals surface area contributed by atoms with Crippen LogP contribution >= 0.6 is 11.8 Å². The third-order valence-electron chi connectivity index (χ3n) is 1.93. The third kappa shape index (κ3) is 5.05. The fourth-order valence-corrected chi connectivity index (χ4v) is 2.02. The summed E-state index contributed by atoms with van der Waals surface area (Å²) in [5.41, 5.74) is 6.71. The van der Waals surface area contributed by atoms with Gasteiger partial charge in [-0.1, -0.05) is 17.7 Å². The summed E-state index contributed by atoms with van der Waals surface area (Å²) in [5, 5.41) is 2.78. The normalized spacial score (nSPS) is 9.67. The van der Waals surface area contributed by atoms with Crippen LogP contribution in [-0.2, 0) is 9.59 Å². The predicted octanol–water partition coefficient (Wildman–Crippen LogP) is 2.17. The molecule has 4 nitrogen and oxygen atoms in total. The van der Waals surface area contributed by atoms with E-state index in [4.69, 9.17) is 5.73 Å². The molecule has 3 N–H and O–H groups in total. The molecule has 0 aromatic heterocycles. The Hall–Kier alpha value is -1.75. The van der Waals surface area contributed by atoms with Gasteiger partial charge in [-0.05, 0) is 26.0 Å². The Morgan fingerprint density at radius 1 is 1.33 bits per heavy atom. The van der Waals surface area contributed by atoms with Crippen LogP contribution in [0.3, 0.4) is 0 Å². The highest BCUT2D eigenvalue weighted by atomic mass is 32.2. The summed E-state index contributed by atoms with van der Waals surface area (Å²) < 4.78 is 0. The SMILES string of the molecule is CC(C)=CC(=O)Nc1ccccc1SCC(N)=O. The molecule has 1 aromatic carbocycles. The Balaban J connectivity index is 2.79. The average Bonchev–Trinajstić information content (AvgIpc) is 2.26. The summed E-state index contributed by atoms with van der Waals surface area (Å²) in [6.45, 7) is 3.71. The molecule has 0 fully saturated rings. The largest absolute Gasteiger partial charge is 0.369 e. The minimum absolute atomic E-state index is 0.179. The molecule has 0 heterocycles. The molecule has 96 valence electrons. The highest BCUT2D eigenvalue weighted by Crippen LogP contribution is 2.26. The van der Waals surface area contributed by atoms with Crippen LogP contribution in [0.15, 0.2) is 40.8 Å². The van der Waals surface area contributed by atoms with Gasteiger partial charge in [0.25, 0.3) is 0 Å². The van der Waals surface area contributed by atoms with E-state index in [1.165, 1.54) is 17.8 Å². The first-order valence-electron chi connectivity index (χ1n) is 5.45. The molecule has 0 unspecified atom stereocenters. The van der Waals surface area contributed by atoms with Gasteiger partial charge in [0.2, 0.25) is 11.8 Å². The van der Waals surface area contributed by atoms with E-state index in [0.717, 1.165) is 10.5 Å². The van der Waals surface area contributed by atoms with E-state index in [1.54, 1.807) is 6.07 Å². The van der Waals surface area contributed by atoms with Gasteiger partial charge in [0.1, 0.15) is 0 Å². The lowest BCUT2D eigenvalue weighted by atomic mass is 10.3. The van der Waals surface area contributed by atoms with Crippen molar-refractivity contribution >= 4 is 29.3 Å². The second-order valence-corrected chi connectivity index (χ2v) is 4.98. The first-order chi connectivity index (χ1) is 8.49. The number of primary amides is 1. The summed E-state index contributed by atoms with van der Waals surface area (Å²) in [5.74, 6) is -0.372. The van der Waals surface area contributed by atoms with Crippen LogP contribution in [0.4, 0.5) is 5.69 Å². The minimum Gasteiger partial charge on any atom is -0.369 e. The van der Waals surface area contributed by atoms with Gasteiger partial charge in [-0.15, -0.1) is 11.8 Å². The topological polar surface area (TPSA) is 72.2 Å². The number of thioether (sulfide) groups is 1. The number of benzene rings is 1. The number of nitrogens with one attached hydrogen (secondary N) is 1. The molecule has 0 bridgehead atoms. The Labute approximate surface area is 111 Å². The molecule has 0 aliphatic rings. The number of para-hydroxylation sites is 1. The lowest BCUT2D eigenvalue weighted by molar-refractivity contribution is -0.115. The summed E-state index contributed by atoms with van der Waals surface area (Å²) in [6.07, 6.45) is 1.52. The maximum Gasteiger partial charge on any atom is 0.248 e. The number of allylic oxidation sites excluding steroid dienone is 1. The van der Waals surface area contributed by atoms with E-state index in [-0.39, 0.29) is 17.6 Å². The van der Waals surface area contributed by atoms with E-state index in [2.05, 4.69) is 5.32 Å². The smallest absolute Gasteiger partial charge is 0.248 e. The second-order valence-electron chi connectivity index (χ2n) is 3.96. The fourth-order valence-electron chi connectivity index (χ4n) is 1.28. The number of nitrogens with two attached hydrogens (primary N) is 1. The number of hydrogen-bond donors (Lipinski definition) is 2. The maximum absolute atomic E-state index is 11.6. The zero-order chi connectivity index (χ0) is 13.5. The third-order valence-corrected chi connectivity index (χ3v) is 3.03. The molecule has 0 radical (unpaired) electrons. The molecule has 0 atom stereocenters. The van der Waals surface area contributed by atoms with Crippen molar-refractivity contribution in [2.45, 2.75) is 18.7 Å². The Kier molecular flexibility index (Phi) is 5.45. The molecule has 2 amide bonds. The van der Waals surface area contributed by atoms with Crippen LogP contribution in [0.2, 0.25) is 0 Å². The van der Waals surface area contributed by atoms with Crippen molar-refractivity contribution in [3.63, 3.8) is 0 Å². The van der Waals surface area contributed by atoms with E-state index in [9.17, 15) is 9.59 Å². The molecule has 0 saturated carbocycles. The lowest BCUT2D eigenvalue weighted by Crippen LogP contribution is -2.13. The summed E-state index contributed by atoms with van der Waals surface area (Å²) in [6, 6.07) is 7.30. The molecule has 0 spiro atoms. The monoisotopic (exact) mass is 264 g/mol. The number of hydrogen-bond acceptors (Lipinski definition) is 3. The standard InChI is InChI=1S/C13H16N2O2S/c1-9(2)7-13(17)15-10-5-3-4-6-11(10)18-8-12(14)16/h3-7H,8H2,1-2H3,(H2,14,16)(H,15,17). The Bertz CT molecular complexity index is 480. The van der Waals surface area contributed by atoms with Crippen molar-refractivity contribution in [3.05, 3.63) is 35.9 Å². The van der Waals surface area contributed by atoms with E-state index >= 15 is 0 Å². The molecule has 0 saturated heterocycles. The van der Waals surface area contributed by atoms with Crippen molar-refractivity contribution in [1.29, 1.82) is 0 Å². The molecule has 5 heteroatoms. The summed E-state index contributed by atoms with van der Waals surface area (Å²) in [7, 11) is 0. The van der Waals surface area contributed by atoms with Crippen LogP contribution in [0.1, 0.15) is 13.8 Å². The molecule has 0 aliphatic carbocycles. The Morgan fingerprint density at radius 2 is 2.00 bits per heavy atom. The maximum atomic E-state index is 11.6. The zero-order valence-corrected chi connectivity index (χ0v) is 11.2. The van der Waals surface area contributed by atoms with Gasteiger partial charge < -0.3 is 11.1 Å². The number of carbonyl (C=O) groups excluding carboxylic acids is 2. The van der Waals surface area contributed by atoms with Crippen LogP contribution < -0.4 is 11.1 Å². The first-order valence-corrected chi connectivity index (χ1v) is 6.43. The predicted molar refractivity (Wildman–Crippen MR) is 74.4 cm³/mol. The summed E-state index contributed by atoms with van der Waals surface area (Å²) >= 11 is 1.31. The first kappa shape index (κ1) is 14.3. The number of amides is 2. The second kappa shape index (κ2) is 6.86. The molecular weight excluding hydrogens is 248 g/mol. The van der Waals surface area contributed by atoms with Gasteiger partial charge in [-0.3, -0.25) is 9.59 Å². The van der Waals surface area contributed by atoms with Crippen LogP contribution in [0.5, 0.6) is 0 Å². The van der Waals surface area contributed by atoms with E-state index in [0.29, 0.717) is 5.69 Å². The molecule has 18 heavy (non-hydrogen) atoms. The zero-order valence-electron chi connectivity index (χ0n) is 10.4. The van der Waals surface area contributed by atoms with E-state index < -0.39 is 0 Å². The highest BCUT2D eigenvalue weighted by molar-refractivity contribution is 8.00. The fraction of sp³-hybridized carbons (Fsp3) is 0.231. The number of anilines is 1. The van der Waals surface area contributed by atoms with Gasteiger partial charge in [-0.2, -0.15) is 0 Å². The summed E-state index contributed by atoms with van der Waals surface area (Å²) in [4.78, 5) is 23.2. The average molecular weight is 264 g/mol. The van der Waals surface area contributed by atoms with Crippen molar-refractivity contribution in [2.75, 3.05) is 11.1 Å². The van der Waals surface area contributed by atoms with Gasteiger partial charge in [-0.25, -0.2) is 0 Å². The Morgan fingerprint density at radius 3 is 2.61 bits per heavy atom. The number of rotatable bonds is 5. The van der Waals surface area contributed by atoms with Gasteiger partial charge in [0.15, 0.2) is 0 Å².